The average Bonchev–Trinajstić information content (AvgIpc) is 2.81. The van der Waals surface area contributed by atoms with Crippen LogP contribution in [-0.4, -0.2) is 37.8 Å². The number of halogens is 1. The van der Waals surface area contributed by atoms with Crippen LogP contribution in [-0.2, 0) is 19.4 Å². The summed E-state index contributed by atoms with van der Waals surface area (Å²) < 4.78 is 3.27. The summed E-state index contributed by atoms with van der Waals surface area (Å²) in [6.07, 6.45) is 1.87. The Balaban J connectivity index is 2.19. The molecule has 3 unspecified atom stereocenters. The molecule has 0 radical (unpaired) electrons. The molecule has 4 nitrogen and oxygen atoms in total. The van der Waals surface area contributed by atoms with Crippen molar-refractivity contribution in [3.05, 3.63) is 15.9 Å². The van der Waals surface area contributed by atoms with Gasteiger partial charge in [0.25, 0.3) is 0 Å². The van der Waals surface area contributed by atoms with Gasteiger partial charge in [-0.05, 0) is 29.3 Å². The maximum atomic E-state index is 5.88. The van der Waals surface area contributed by atoms with Gasteiger partial charge in [-0.3, -0.25) is 16.0 Å². The first kappa shape index (κ1) is 17.7. The van der Waals surface area contributed by atoms with Crippen LogP contribution in [0.15, 0.2) is 4.47 Å². The highest BCUT2D eigenvalue weighted by Crippen LogP contribution is 2.34. The minimum absolute atomic E-state index is 0.279. The van der Waals surface area contributed by atoms with Crippen LogP contribution in [0.4, 0.5) is 0 Å². The van der Waals surface area contributed by atoms with Gasteiger partial charge in [0.1, 0.15) is 0 Å². The van der Waals surface area contributed by atoms with Gasteiger partial charge in [-0.2, -0.15) is 28.6 Å². The van der Waals surface area contributed by atoms with E-state index in [-0.39, 0.29) is 6.04 Å². The number of hydrogen-bond donors (Lipinski definition) is 2. The third-order valence-corrected chi connectivity index (χ3v) is 8.12. The van der Waals surface area contributed by atoms with Crippen LogP contribution >= 0.6 is 39.5 Å². The van der Waals surface area contributed by atoms with Gasteiger partial charge >= 0.3 is 0 Å². The number of nitrogens with zero attached hydrogens (tertiary/aromatic N) is 2. The molecule has 7 heteroatoms. The van der Waals surface area contributed by atoms with Gasteiger partial charge in [0, 0.05) is 41.0 Å². The molecule has 0 saturated carbocycles. The predicted molar refractivity (Wildman–Crippen MR) is 98.0 cm³/mol. The molecule has 1 saturated heterocycles. The molecule has 0 bridgehead atoms. The fourth-order valence-corrected chi connectivity index (χ4v) is 6.45. The van der Waals surface area contributed by atoms with E-state index in [0.717, 1.165) is 29.6 Å². The van der Waals surface area contributed by atoms with Gasteiger partial charge in [0.05, 0.1) is 15.9 Å². The number of aryl methyl sites for hydroxylation is 2. The van der Waals surface area contributed by atoms with E-state index in [0.29, 0.717) is 10.5 Å². The number of nitrogens with one attached hydrogen (secondary N) is 1. The summed E-state index contributed by atoms with van der Waals surface area (Å²) in [4.78, 5) is 0. The summed E-state index contributed by atoms with van der Waals surface area (Å²) in [6.45, 7) is 7.50. The molecule has 2 rings (SSSR count). The summed E-state index contributed by atoms with van der Waals surface area (Å²) in [7, 11) is 0. The third-order valence-electron chi connectivity index (χ3n) is 3.96. The fourth-order valence-electron chi connectivity index (χ4n) is 2.78. The summed E-state index contributed by atoms with van der Waals surface area (Å²) in [5.41, 5.74) is 5.47. The van der Waals surface area contributed by atoms with Crippen molar-refractivity contribution < 1.29 is 0 Å². The van der Waals surface area contributed by atoms with Crippen LogP contribution in [0.5, 0.6) is 0 Å². The van der Waals surface area contributed by atoms with Crippen molar-refractivity contribution in [2.75, 3.05) is 11.5 Å². The quantitative estimate of drug-likeness (QED) is 0.575. The van der Waals surface area contributed by atoms with Crippen LogP contribution in [0.25, 0.3) is 0 Å². The second-order valence-electron chi connectivity index (χ2n) is 5.27. The van der Waals surface area contributed by atoms with E-state index in [9.17, 15) is 0 Å². The van der Waals surface area contributed by atoms with Crippen LogP contribution in [0.3, 0.4) is 0 Å². The smallest absolute Gasteiger partial charge is 0.0766 e. The van der Waals surface area contributed by atoms with E-state index in [1.165, 1.54) is 17.2 Å². The van der Waals surface area contributed by atoms with Crippen LogP contribution in [0.1, 0.15) is 32.2 Å². The molecular weight excluding hydrogens is 368 g/mol. The van der Waals surface area contributed by atoms with Crippen molar-refractivity contribution in [1.29, 1.82) is 0 Å². The van der Waals surface area contributed by atoms with Crippen molar-refractivity contribution in [2.24, 2.45) is 5.84 Å². The van der Waals surface area contributed by atoms with E-state index in [4.69, 9.17) is 5.84 Å². The second kappa shape index (κ2) is 8.24. The molecule has 0 amide bonds. The third kappa shape index (κ3) is 3.99. The number of nitrogens with two attached hydrogens (primary N) is 1. The lowest BCUT2D eigenvalue weighted by molar-refractivity contribution is 0.479. The van der Waals surface area contributed by atoms with E-state index >= 15 is 0 Å². The lowest BCUT2D eigenvalue weighted by Gasteiger charge is -2.34. The topological polar surface area (TPSA) is 55.9 Å². The maximum Gasteiger partial charge on any atom is 0.0766 e. The molecular formula is C14H25BrN4S2. The molecule has 21 heavy (non-hydrogen) atoms. The summed E-state index contributed by atoms with van der Waals surface area (Å²) in [5, 5.41) is 5.87. The van der Waals surface area contributed by atoms with Crippen molar-refractivity contribution in [3.8, 4) is 0 Å². The average molecular weight is 393 g/mol. The Morgan fingerprint density at radius 2 is 2.14 bits per heavy atom. The Labute approximate surface area is 144 Å². The second-order valence-corrected chi connectivity index (χ2v) is 8.83. The van der Waals surface area contributed by atoms with Gasteiger partial charge in [0.2, 0.25) is 0 Å². The van der Waals surface area contributed by atoms with Crippen molar-refractivity contribution in [3.63, 3.8) is 0 Å². The molecule has 3 atom stereocenters. The minimum Gasteiger partial charge on any atom is -0.271 e. The predicted octanol–water partition coefficient (Wildman–Crippen LogP) is 2.84. The Morgan fingerprint density at radius 1 is 1.43 bits per heavy atom. The standard InChI is InChI=1S/C14H25BrN4S2/c1-4-10-13(15)12(19(5-2)18-10)8-11(17-16)14-9(3)20-6-7-21-14/h9,11,14,17H,4-8,16H2,1-3H3. The normalized spacial score (nSPS) is 24.2. The monoisotopic (exact) mass is 392 g/mol. The lowest BCUT2D eigenvalue weighted by atomic mass is 10.1. The van der Waals surface area contributed by atoms with Gasteiger partial charge in [-0.25, -0.2) is 0 Å². The Hall–Kier alpha value is 0.310. The van der Waals surface area contributed by atoms with Gasteiger partial charge in [-0.15, -0.1) is 0 Å². The Bertz CT molecular complexity index is 466. The number of hydrogen-bond acceptors (Lipinski definition) is 5. The van der Waals surface area contributed by atoms with Crippen LogP contribution < -0.4 is 11.3 Å². The zero-order valence-electron chi connectivity index (χ0n) is 12.9. The number of rotatable bonds is 6. The number of thioether (sulfide) groups is 2. The highest BCUT2D eigenvalue weighted by molar-refractivity contribution is 9.10. The molecule has 1 aliphatic heterocycles. The first-order valence-electron chi connectivity index (χ1n) is 7.55. The highest BCUT2D eigenvalue weighted by atomic mass is 79.9. The summed E-state index contributed by atoms with van der Waals surface area (Å²) >= 11 is 7.84. The molecule has 120 valence electrons. The Kier molecular flexibility index (Phi) is 6.93. The first-order valence-corrected chi connectivity index (χ1v) is 10.4. The van der Waals surface area contributed by atoms with E-state index < -0.39 is 0 Å². The molecule has 0 aliphatic carbocycles. The van der Waals surface area contributed by atoms with E-state index in [1.807, 2.05) is 11.8 Å². The fraction of sp³-hybridized carbons (Fsp3) is 0.786. The number of aromatic nitrogens is 2. The zero-order valence-corrected chi connectivity index (χ0v) is 16.2. The van der Waals surface area contributed by atoms with Crippen molar-refractivity contribution in [1.82, 2.24) is 15.2 Å². The van der Waals surface area contributed by atoms with Crippen LogP contribution in [0.2, 0.25) is 0 Å². The lowest BCUT2D eigenvalue weighted by Crippen LogP contribution is -2.49. The summed E-state index contributed by atoms with van der Waals surface area (Å²) in [6, 6.07) is 0.279. The molecule has 1 aromatic heterocycles. The number of hydrazine groups is 1. The molecule has 3 N–H and O–H groups in total. The van der Waals surface area contributed by atoms with Gasteiger partial charge < -0.3 is 0 Å². The summed E-state index contributed by atoms with van der Waals surface area (Å²) in [5.74, 6) is 8.34. The van der Waals surface area contributed by atoms with E-state index in [1.54, 1.807) is 0 Å². The van der Waals surface area contributed by atoms with Gasteiger partial charge in [-0.1, -0.05) is 13.8 Å². The molecule has 0 spiro atoms. The highest BCUT2D eigenvalue weighted by Gasteiger charge is 2.31. The van der Waals surface area contributed by atoms with Crippen LogP contribution in [0, 0.1) is 0 Å². The first-order chi connectivity index (χ1) is 10.1. The van der Waals surface area contributed by atoms with Crippen molar-refractivity contribution in [2.45, 2.75) is 56.7 Å². The minimum atomic E-state index is 0.279. The van der Waals surface area contributed by atoms with Crippen molar-refractivity contribution >= 4 is 39.5 Å². The Morgan fingerprint density at radius 3 is 2.71 bits per heavy atom. The molecule has 1 fully saturated rings. The largest absolute Gasteiger partial charge is 0.271 e. The van der Waals surface area contributed by atoms with Gasteiger partial charge in [0.15, 0.2) is 0 Å². The molecule has 2 heterocycles. The van der Waals surface area contributed by atoms with E-state index in [2.05, 4.69) is 63.7 Å². The molecule has 1 aromatic rings. The SMILES string of the molecule is CCc1nn(CC)c(CC(NN)C2SCCSC2C)c1Br. The molecule has 1 aliphatic rings. The maximum absolute atomic E-state index is 5.88. The molecule has 0 aromatic carbocycles. The zero-order chi connectivity index (χ0) is 15.4.